The van der Waals surface area contributed by atoms with Crippen LogP contribution >= 0.6 is 15.6 Å². The maximum atomic E-state index is 13.1. The molecule has 0 aliphatic heterocycles. The van der Waals surface area contributed by atoms with Crippen LogP contribution in [-0.4, -0.2) is 96.7 Å². The average molecular weight is 1520 g/mol. The molecular formula is C87H138O17P2. The molecule has 0 saturated carbocycles. The number of carbonyl (C=O) groups excluding carboxylic acids is 4. The van der Waals surface area contributed by atoms with Gasteiger partial charge in [0.25, 0.3) is 0 Å². The zero-order chi connectivity index (χ0) is 77.4. The lowest BCUT2D eigenvalue weighted by Gasteiger charge is -2.21. The van der Waals surface area contributed by atoms with Crippen molar-refractivity contribution in [1.82, 2.24) is 0 Å². The first-order valence-corrected chi connectivity index (χ1v) is 42.7. The molecule has 17 nitrogen and oxygen atoms in total. The average Bonchev–Trinajstić information content (AvgIpc) is 0.909. The fourth-order valence-corrected chi connectivity index (χ4v) is 11.2. The summed E-state index contributed by atoms with van der Waals surface area (Å²) in [6, 6.07) is 0. The number of phosphoric acid groups is 2. The molecule has 19 heteroatoms. The molecule has 0 aliphatic carbocycles. The molecule has 0 spiro atoms. The predicted molar refractivity (Wildman–Crippen MR) is 436 cm³/mol. The molecule has 0 bridgehead atoms. The molecule has 0 aromatic rings. The van der Waals surface area contributed by atoms with E-state index in [1.165, 1.54) is 19.3 Å². The van der Waals surface area contributed by atoms with Gasteiger partial charge in [0.15, 0.2) is 12.2 Å². The van der Waals surface area contributed by atoms with Crippen molar-refractivity contribution in [3.8, 4) is 0 Å². The van der Waals surface area contributed by atoms with Crippen LogP contribution in [0, 0.1) is 0 Å². The lowest BCUT2D eigenvalue weighted by molar-refractivity contribution is -0.161. The first-order valence-electron chi connectivity index (χ1n) is 39.7. The molecular weight excluding hydrogens is 1380 g/mol. The van der Waals surface area contributed by atoms with Crippen LogP contribution in [0.25, 0.3) is 0 Å². The van der Waals surface area contributed by atoms with Crippen LogP contribution in [0.5, 0.6) is 0 Å². The van der Waals surface area contributed by atoms with E-state index < -0.39 is 97.5 Å². The van der Waals surface area contributed by atoms with Gasteiger partial charge in [0, 0.05) is 25.7 Å². The Morgan fingerprint density at radius 2 is 0.509 bits per heavy atom. The van der Waals surface area contributed by atoms with Crippen molar-refractivity contribution in [3.05, 3.63) is 194 Å². The third-order valence-corrected chi connectivity index (χ3v) is 17.4. The highest BCUT2D eigenvalue weighted by Gasteiger charge is 2.30. The van der Waals surface area contributed by atoms with Crippen molar-refractivity contribution < 1.29 is 80.2 Å². The van der Waals surface area contributed by atoms with E-state index in [2.05, 4.69) is 204 Å². The van der Waals surface area contributed by atoms with Gasteiger partial charge in [-0.3, -0.25) is 37.3 Å². The monoisotopic (exact) mass is 1520 g/mol. The Labute approximate surface area is 640 Å². The van der Waals surface area contributed by atoms with Crippen molar-refractivity contribution in [2.24, 2.45) is 0 Å². The first-order chi connectivity index (χ1) is 51.7. The van der Waals surface area contributed by atoms with Gasteiger partial charge >= 0.3 is 39.5 Å². The van der Waals surface area contributed by atoms with Crippen LogP contribution in [0.4, 0.5) is 0 Å². The molecule has 598 valence electrons. The Morgan fingerprint density at radius 3 is 0.830 bits per heavy atom. The standard InChI is InChI=1S/C87H138O17P2/c1-5-9-13-17-21-25-29-33-37-39-40-42-46-48-52-56-60-64-68-72-85(90)98-78-83(104-87(92)74-70-66-62-58-54-50-44-36-32-28-24-20-16-12-8-4)80-102-106(95,96)100-76-81(88)75-99-105(93,94)101-79-82(103-86(91)73-69-65-61-57-53-49-43-35-31-27-23-19-15-11-7-3)77-97-84(89)71-67-63-59-55-51-47-45-41-38-34-30-26-22-18-14-10-6-2/h9-11,13-15,21-28,33-38,40,42-45,47-48,52-53,57,60,64,81-83,88H,5-8,12,16-20,29-32,39,41,46,49-51,54-56,58-59,61-63,65-80H2,1-4H3,(H,93,94)(H,95,96)/b13-9-,14-10-,15-11-,25-21-,26-22-,27-23-,28-24-,37-33-,38-34-,42-40-,43-35-,44-36-,47-45-,52-48-,57-53-,64-60-. The van der Waals surface area contributed by atoms with Gasteiger partial charge in [-0.1, -0.05) is 267 Å². The number of carbonyl (C=O) groups is 4. The summed E-state index contributed by atoms with van der Waals surface area (Å²) in [7, 11) is -10.0. The summed E-state index contributed by atoms with van der Waals surface area (Å²) < 4.78 is 68.4. The van der Waals surface area contributed by atoms with Crippen molar-refractivity contribution in [2.45, 2.75) is 290 Å². The smallest absolute Gasteiger partial charge is 0.462 e. The highest BCUT2D eigenvalue weighted by atomic mass is 31.2. The number of unbranched alkanes of at least 4 members (excludes halogenated alkanes) is 14. The zero-order valence-electron chi connectivity index (χ0n) is 65.3. The molecule has 3 N–H and O–H groups in total. The summed E-state index contributed by atoms with van der Waals surface area (Å²) >= 11 is 0. The van der Waals surface area contributed by atoms with Crippen LogP contribution in [0.2, 0.25) is 0 Å². The van der Waals surface area contributed by atoms with Crippen molar-refractivity contribution in [3.63, 3.8) is 0 Å². The Morgan fingerprint density at radius 1 is 0.274 bits per heavy atom. The Bertz CT molecular complexity index is 2780. The minimum absolute atomic E-state index is 0.0245. The van der Waals surface area contributed by atoms with E-state index in [1.807, 2.05) is 18.2 Å². The second-order valence-corrected chi connectivity index (χ2v) is 28.4. The molecule has 0 fully saturated rings. The third-order valence-electron chi connectivity index (χ3n) is 15.5. The molecule has 0 saturated heterocycles. The lowest BCUT2D eigenvalue weighted by Crippen LogP contribution is -2.30. The van der Waals surface area contributed by atoms with Crippen LogP contribution < -0.4 is 0 Å². The molecule has 0 amide bonds. The fourth-order valence-electron chi connectivity index (χ4n) is 9.61. The second-order valence-electron chi connectivity index (χ2n) is 25.5. The van der Waals surface area contributed by atoms with Gasteiger partial charge in [-0.2, -0.15) is 0 Å². The Balaban J connectivity index is 5.52. The molecule has 0 aromatic heterocycles. The zero-order valence-corrected chi connectivity index (χ0v) is 67.1. The third kappa shape index (κ3) is 76.1. The van der Waals surface area contributed by atoms with Gasteiger partial charge in [0.05, 0.1) is 26.4 Å². The number of rotatable bonds is 72. The van der Waals surface area contributed by atoms with Crippen molar-refractivity contribution >= 4 is 39.5 Å². The van der Waals surface area contributed by atoms with E-state index in [0.29, 0.717) is 38.5 Å². The van der Waals surface area contributed by atoms with Crippen molar-refractivity contribution in [1.29, 1.82) is 0 Å². The normalized spacial score (nSPS) is 14.9. The maximum absolute atomic E-state index is 13.1. The van der Waals surface area contributed by atoms with Crippen LogP contribution in [0.15, 0.2) is 194 Å². The number of allylic oxidation sites excluding steroid dienone is 32. The van der Waals surface area contributed by atoms with Gasteiger partial charge in [-0.25, -0.2) is 9.13 Å². The number of esters is 4. The number of aliphatic hydroxyl groups is 1. The summed E-state index contributed by atoms with van der Waals surface area (Å²) in [5, 5.41) is 10.6. The van der Waals surface area contributed by atoms with E-state index in [-0.39, 0.29) is 25.7 Å². The molecule has 0 aromatic carbocycles. The van der Waals surface area contributed by atoms with Gasteiger partial charge in [-0.15, -0.1) is 0 Å². The fraction of sp³-hybridized carbons (Fsp3) is 0.586. The van der Waals surface area contributed by atoms with Crippen LogP contribution in [0.3, 0.4) is 0 Å². The van der Waals surface area contributed by atoms with Gasteiger partial charge in [0.2, 0.25) is 0 Å². The number of phosphoric ester groups is 2. The van der Waals surface area contributed by atoms with Gasteiger partial charge in [-0.05, 0) is 173 Å². The quantitative estimate of drug-likeness (QED) is 0.0169. The summed E-state index contributed by atoms with van der Waals surface area (Å²) in [6.45, 7) is 4.29. The Kier molecular flexibility index (Phi) is 72.6. The molecule has 0 heterocycles. The summed E-state index contributed by atoms with van der Waals surface area (Å²) in [5.41, 5.74) is 0. The van der Waals surface area contributed by atoms with Gasteiger partial charge < -0.3 is 33.8 Å². The number of ether oxygens (including phenoxy) is 4. The topological polar surface area (TPSA) is 237 Å². The minimum atomic E-state index is -5.01. The van der Waals surface area contributed by atoms with E-state index >= 15 is 0 Å². The highest BCUT2D eigenvalue weighted by Crippen LogP contribution is 2.45. The molecule has 0 rings (SSSR count). The van der Waals surface area contributed by atoms with Gasteiger partial charge in [0.1, 0.15) is 19.3 Å². The number of hydrogen-bond acceptors (Lipinski definition) is 15. The van der Waals surface area contributed by atoms with Crippen LogP contribution in [-0.2, 0) is 65.4 Å². The van der Waals surface area contributed by atoms with Crippen LogP contribution in [0.1, 0.15) is 272 Å². The summed E-state index contributed by atoms with van der Waals surface area (Å²) in [6.07, 6.45) is 94.3. The van der Waals surface area contributed by atoms with Crippen molar-refractivity contribution in [2.75, 3.05) is 39.6 Å². The maximum Gasteiger partial charge on any atom is 0.472 e. The first kappa shape index (κ1) is 99.9. The van der Waals surface area contributed by atoms with E-state index in [9.17, 15) is 43.2 Å². The molecule has 5 atom stereocenters. The molecule has 0 aliphatic rings. The molecule has 0 radical (unpaired) electrons. The highest BCUT2D eigenvalue weighted by molar-refractivity contribution is 7.47. The number of aliphatic hydroxyl groups excluding tert-OH is 1. The Hall–Kier alpha value is -6.10. The summed E-state index contributed by atoms with van der Waals surface area (Å²) in [4.78, 5) is 73.0. The minimum Gasteiger partial charge on any atom is -0.462 e. The number of hydrogen-bond donors (Lipinski definition) is 3. The lowest BCUT2D eigenvalue weighted by atomic mass is 10.1. The largest absolute Gasteiger partial charge is 0.472 e. The van der Waals surface area contributed by atoms with E-state index in [4.69, 9.17) is 37.0 Å². The molecule has 106 heavy (non-hydrogen) atoms. The predicted octanol–water partition coefficient (Wildman–Crippen LogP) is 23.3. The second kappa shape index (κ2) is 77.1. The SMILES string of the molecule is CC/C=C\C/C=C\C/C=C\C/C=C\C/C=C\C/C=C\CCC(=O)OCC(COP(=O)(O)OCC(O)COP(=O)(O)OCC(COC(=O)CCCCCC/C=C\C/C=C\C/C=C\C/C=C\CC)OC(=O)CCCC/C=C\C/C=C\C/C=C\C/C=C\CC)OC(=O)CCCCCCC/C=C\C/C=C\CCCCC. The van der Waals surface area contributed by atoms with E-state index in [1.54, 1.807) is 0 Å². The molecule has 5 unspecified atom stereocenters. The summed E-state index contributed by atoms with van der Waals surface area (Å²) in [5.74, 6) is -2.38. The van der Waals surface area contributed by atoms with E-state index in [0.717, 1.165) is 161 Å².